The van der Waals surface area contributed by atoms with Gasteiger partial charge in [-0.25, -0.2) is 0 Å². The summed E-state index contributed by atoms with van der Waals surface area (Å²) in [6, 6.07) is 13.7. The van der Waals surface area contributed by atoms with Crippen molar-refractivity contribution >= 4 is 23.4 Å². The number of fused-ring (bicyclic) bond motifs is 1. The average molecular weight is 465 g/mol. The van der Waals surface area contributed by atoms with Gasteiger partial charge in [0, 0.05) is 37.2 Å². The second kappa shape index (κ2) is 9.87. The predicted molar refractivity (Wildman–Crippen MR) is 127 cm³/mol. The maximum Gasteiger partial charge on any atom is 0.258 e. The lowest BCUT2D eigenvalue weighted by atomic mass is 9.93. The van der Waals surface area contributed by atoms with Crippen molar-refractivity contribution in [3.63, 3.8) is 0 Å². The monoisotopic (exact) mass is 464 g/mol. The fourth-order valence-corrected chi connectivity index (χ4v) is 4.25. The second-order valence-electron chi connectivity index (χ2n) is 8.32. The van der Waals surface area contributed by atoms with Gasteiger partial charge < -0.3 is 14.8 Å². The van der Waals surface area contributed by atoms with Crippen molar-refractivity contribution < 1.29 is 9.47 Å². The van der Waals surface area contributed by atoms with Crippen LogP contribution in [0.25, 0.3) is 11.8 Å². The van der Waals surface area contributed by atoms with Crippen LogP contribution in [0.2, 0.25) is 5.15 Å². The van der Waals surface area contributed by atoms with E-state index in [1.165, 1.54) is 17.2 Å². The Kier molecular flexibility index (Phi) is 6.53. The molecule has 0 radical (unpaired) electrons. The molecule has 7 nitrogen and oxygen atoms in total. The van der Waals surface area contributed by atoms with Crippen molar-refractivity contribution in [2.45, 2.75) is 38.5 Å². The molecule has 1 saturated heterocycles. The molecule has 0 unspecified atom stereocenters. The van der Waals surface area contributed by atoms with Crippen LogP contribution >= 0.6 is 11.6 Å². The van der Waals surface area contributed by atoms with Gasteiger partial charge in [0.15, 0.2) is 5.15 Å². The summed E-state index contributed by atoms with van der Waals surface area (Å²) in [4.78, 5) is 12.8. The van der Waals surface area contributed by atoms with Crippen LogP contribution in [0.5, 0.6) is 5.75 Å². The van der Waals surface area contributed by atoms with E-state index in [4.69, 9.17) is 21.1 Å². The van der Waals surface area contributed by atoms with Crippen LogP contribution in [0.1, 0.15) is 35.2 Å². The molecular formula is C25H25ClN4O3. The van der Waals surface area contributed by atoms with E-state index in [0.29, 0.717) is 22.6 Å². The average Bonchev–Trinajstić information content (AvgIpc) is 3.36. The third-order valence-corrected chi connectivity index (χ3v) is 6.18. The summed E-state index contributed by atoms with van der Waals surface area (Å²) >= 11 is 5.75. The summed E-state index contributed by atoms with van der Waals surface area (Å²) in [5, 5.41) is 11.6. The number of nitrogens with zero attached hydrogens (tertiary/aromatic N) is 3. The molecule has 0 bridgehead atoms. The number of nitrogens with one attached hydrogen (secondary N) is 1. The second-order valence-corrected chi connectivity index (χ2v) is 8.70. The lowest BCUT2D eigenvalue weighted by Gasteiger charge is -2.20. The lowest BCUT2D eigenvalue weighted by Crippen LogP contribution is -2.28. The maximum atomic E-state index is 12.8. The summed E-state index contributed by atoms with van der Waals surface area (Å²) < 4.78 is 12.8. The zero-order valence-electron chi connectivity index (χ0n) is 18.2. The number of halogens is 1. The quantitative estimate of drug-likeness (QED) is 0.574. The predicted octanol–water partition coefficient (Wildman–Crippen LogP) is 3.69. The first-order chi connectivity index (χ1) is 16.1. The zero-order chi connectivity index (χ0) is 22.6. The summed E-state index contributed by atoms with van der Waals surface area (Å²) in [5.74, 6) is 0.495. The molecule has 8 heteroatoms. The van der Waals surface area contributed by atoms with Gasteiger partial charge in [0.2, 0.25) is 0 Å². The number of hydrogen-bond donors (Lipinski definition) is 1. The molecular weight excluding hydrogens is 440 g/mol. The fourth-order valence-electron chi connectivity index (χ4n) is 4.15. The normalized spacial score (nSPS) is 17.5. The van der Waals surface area contributed by atoms with Gasteiger partial charge in [-0.05, 0) is 60.2 Å². The van der Waals surface area contributed by atoms with Crippen molar-refractivity contribution in [1.29, 1.82) is 0 Å². The van der Waals surface area contributed by atoms with Crippen molar-refractivity contribution in [1.82, 2.24) is 20.1 Å². The van der Waals surface area contributed by atoms with Crippen LogP contribution in [-0.2, 0) is 24.3 Å². The minimum Gasteiger partial charge on any atom is -0.487 e. The van der Waals surface area contributed by atoms with E-state index in [2.05, 4.69) is 39.8 Å². The number of pyridine rings is 1. The number of benzene rings is 1. The van der Waals surface area contributed by atoms with Crippen LogP contribution in [0.3, 0.4) is 0 Å². The highest BCUT2D eigenvalue weighted by atomic mass is 35.5. The van der Waals surface area contributed by atoms with Crippen LogP contribution in [-0.4, -0.2) is 34.0 Å². The Bertz CT molecular complexity index is 1220. The van der Waals surface area contributed by atoms with Gasteiger partial charge in [0.05, 0.1) is 6.61 Å². The van der Waals surface area contributed by atoms with Gasteiger partial charge in [-0.2, -0.15) is 5.10 Å². The lowest BCUT2D eigenvalue weighted by molar-refractivity contribution is 0.190. The molecule has 2 aromatic heterocycles. The number of rotatable bonds is 7. The minimum atomic E-state index is -0.121. The minimum absolute atomic E-state index is 0.121. The third kappa shape index (κ3) is 5.33. The highest BCUT2D eigenvalue weighted by molar-refractivity contribution is 6.29. The molecule has 1 fully saturated rings. The molecule has 0 amide bonds. The zero-order valence-corrected chi connectivity index (χ0v) is 18.9. The molecule has 0 spiro atoms. The Morgan fingerprint density at radius 3 is 2.88 bits per heavy atom. The SMILES string of the molecule is O=c1cc(OCc2ccc(Cl)nn2)ccn1C1=Cc2ccc(CN[C@@H]3CCOC3)cc2CC1. The van der Waals surface area contributed by atoms with E-state index in [9.17, 15) is 4.79 Å². The summed E-state index contributed by atoms with van der Waals surface area (Å²) in [6.07, 6.45) is 6.66. The fraction of sp³-hybridized carbons (Fsp3) is 0.320. The van der Waals surface area contributed by atoms with Crippen LogP contribution in [0.4, 0.5) is 0 Å². The first-order valence-electron chi connectivity index (χ1n) is 11.1. The molecule has 1 aliphatic carbocycles. The van der Waals surface area contributed by atoms with E-state index in [0.717, 1.165) is 50.3 Å². The molecule has 1 atom stereocenters. The number of aryl methyl sites for hydroxylation is 1. The van der Waals surface area contributed by atoms with Crippen molar-refractivity contribution in [2.24, 2.45) is 0 Å². The van der Waals surface area contributed by atoms with Crippen LogP contribution in [0.15, 0.2) is 53.5 Å². The Morgan fingerprint density at radius 2 is 2.09 bits per heavy atom. The number of hydrogen-bond acceptors (Lipinski definition) is 6. The Morgan fingerprint density at radius 1 is 1.15 bits per heavy atom. The topological polar surface area (TPSA) is 78.3 Å². The molecule has 1 aliphatic heterocycles. The van der Waals surface area contributed by atoms with Crippen molar-refractivity contribution in [3.8, 4) is 5.75 Å². The number of aromatic nitrogens is 3. The van der Waals surface area contributed by atoms with Gasteiger partial charge in [0.25, 0.3) is 5.56 Å². The number of allylic oxidation sites excluding steroid dienone is 1. The highest BCUT2D eigenvalue weighted by Gasteiger charge is 2.16. The molecule has 2 aliphatic rings. The Hall–Kier alpha value is -3.00. The maximum absolute atomic E-state index is 12.8. The van der Waals surface area contributed by atoms with E-state index < -0.39 is 0 Å². The molecule has 1 aromatic carbocycles. The van der Waals surface area contributed by atoms with Crippen LogP contribution < -0.4 is 15.6 Å². The van der Waals surface area contributed by atoms with Crippen molar-refractivity contribution in [2.75, 3.05) is 13.2 Å². The van der Waals surface area contributed by atoms with Gasteiger partial charge in [-0.1, -0.05) is 29.8 Å². The first kappa shape index (κ1) is 21.8. The van der Waals surface area contributed by atoms with Gasteiger partial charge in [-0.15, -0.1) is 5.10 Å². The Labute approximate surface area is 197 Å². The third-order valence-electron chi connectivity index (χ3n) is 5.98. The summed E-state index contributed by atoms with van der Waals surface area (Å²) in [6.45, 7) is 2.71. The van der Waals surface area contributed by atoms with E-state index in [1.807, 2.05) is 0 Å². The molecule has 33 heavy (non-hydrogen) atoms. The Balaban J connectivity index is 1.25. The largest absolute Gasteiger partial charge is 0.487 e. The van der Waals surface area contributed by atoms with Crippen LogP contribution in [0, 0.1) is 0 Å². The van der Waals surface area contributed by atoms with Crippen molar-refractivity contribution in [3.05, 3.63) is 86.6 Å². The molecule has 3 heterocycles. The number of ether oxygens (including phenoxy) is 2. The van der Waals surface area contributed by atoms with E-state index >= 15 is 0 Å². The van der Waals surface area contributed by atoms with Gasteiger partial charge in [-0.3, -0.25) is 9.36 Å². The smallest absolute Gasteiger partial charge is 0.258 e. The van der Waals surface area contributed by atoms with Gasteiger partial charge >= 0.3 is 0 Å². The highest BCUT2D eigenvalue weighted by Crippen LogP contribution is 2.27. The standard InChI is InChI=1S/C25H25ClN4O3/c26-24-6-4-21(28-29-24)16-33-23-7-9-30(25(31)13-23)22-5-3-18-11-17(1-2-19(18)12-22)14-27-20-8-10-32-15-20/h1-2,4,6-7,9,11-13,20,27H,3,5,8,10,14-16H2/t20-/m1/s1. The molecule has 0 saturated carbocycles. The van der Waals surface area contributed by atoms with E-state index in [-0.39, 0.29) is 12.2 Å². The summed E-state index contributed by atoms with van der Waals surface area (Å²) in [5.41, 5.74) is 5.26. The molecule has 1 N–H and O–H groups in total. The molecule has 170 valence electrons. The molecule has 3 aromatic rings. The molecule has 5 rings (SSSR count). The summed E-state index contributed by atoms with van der Waals surface area (Å²) in [7, 11) is 0. The first-order valence-corrected chi connectivity index (χ1v) is 11.5. The van der Waals surface area contributed by atoms with E-state index in [1.54, 1.807) is 29.0 Å². The van der Waals surface area contributed by atoms with Gasteiger partial charge in [0.1, 0.15) is 18.1 Å².